The molecule has 2 heterocycles. The van der Waals surface area contributed by atoms with E-state index >= 15 is 0 Å². The van der Waals surface area contributed by atoms with Crippen molar-refractivity contribution in [1.29, 1.82) is 0 Å². The second kappa shape index (κ2) is 5.95. The number of hydrogen-bond donors (Lipinski definition) is 0. The molecule has 0 unspecified atom stereocenters. The standard InChI is InChI=1S/C14H15N7O2/c1-3-19(4-2)13-12(21(22)23)14(16-9-15-13)20-11-8-6-5-7-10(11)17-18-20/h5-9H,3-4H2,1-2H3. The van der Waals surface area contributed by atoms with Crippen LogP contribution in [0.5, 0.6) is 0 Å². The molecule has 0 amide bonds. The van der Waals surface area contributed by atoms with Gasteiger partial charge in [-0.25, -0.2) is 9.97 Å². The van der Waals surface area contributed by atoms with E-state index in [0.717, 1.165) is 0 Å². The van der Waals surface area contributed by atoms with Gasteiger partial charge in [0.15, 0.2) is 0 Å². The zero-order chi connectivity index (χ0) is 16.4. The molecule has 0 aliphatic heterocycles. The summed E-state index contributed by atoms with van der Waals surface area (Å²) in [7, 11) is 0. The van der Waals surface area contributed by atoms with E-state index in [-0.39, 0.29) is 17.3 Å². The monoisotopic (exact) mass is 313 g/mol. The molecule has 0 atom stereocenters. The van der Waals surface area contributed by atoms with E-state index in [1.165, 1.54) is 11.0 Å². The second-order valence-corrected chi connectivity index (χ2v) is 4.79. The van der Waals surface area contributed by atoms with Crippen molar-refractivity contribution in [3.8, 4) is 5.82 Å². The van der Waals surface area contributed by atoms with Crippen LogP contribution in [0.4, 0.5) is 11.5 Å². The van der Waals surface area contributed by atoms with Crippen LogP contribution in [0.2, 0.25) is 0 Å². The fourth-order valence-corrected chi connectivity index (χ4v) is 2.46. The normalized spacial score (nSPS) is 10.9. The highest BCUT2D eigenvalue weighted by molar-refractivity contribution is 5.77. The van der Waals surface area contributed by atoms with Crippen LogP contribution in [0.25, 0.3) is 16.9 Å². The van der Waals surface area contributed by atoms with Gasteiger partial charge >= 0.3 is 5.69 Å². The van der Waals surface area contributed by atoms with E-state index < -0.39 is 4.92 Å². The number of rotatable bonds is 5. The molecule has 1 aromatic carbocycles. The lowest BCUT2D eigenvalue weighted by Gasteiger charge is -2.19. The molecule has 0 aliphatic carbocycles. The van der Waals surface area contributed by atoms with Crippen molar-refractivity contribution in [1.82, 2.24) is 25.0 Å². The number of anilines is 1. The lowest BCUT2D eigenvalue weighted by atomic mass is 10.3. The van der Waals surface area contributed by atoms with Crippen molar-refractivity contribution in [2.45, 2.75) is 13.8 Å². The number of nitrogens with zero attached hydrogens (tertiary/aromatic N) is 7. The largest absolute Gasteiger partial charge is 0.355 e. The van der Waals surface area contributed by atoms with Crippen LogP contribution in [0.1, 0.15) is 13.8 Å². The Kier molecular flexibility index (Phi) is 3.83. The smallest absolute Gasteiger partial charge is 0.351 e. The molecule has 0 saturated heterocycles. The lowest BCUT2D eigenvalue weighted by molar-refractivity contribution is -0.384. The summed E-state index contributed by atoms with van der Waals surface area (Å²) in [6.45, 7) is 5.04. The fraction of sp³-hybridized carbons (Fsp3) is 0.286. The van der Waals surface area contributed by atoms with Crippen LogP contribution in [-0.4, -0.2) is 43.0 Å². The molecule has 0 fully saturated rings. The molecule has 3 rings (SSSR count). The summed E-state index contributed by atoms with van der Waals surface area (Å²) >= 11 is 0. The predicted molar refractivity (Wildman–Crippen MR) is 84.7 cm³/mol. The van der Waals surface area contributed by atoms with Gasteiger partial charge in [0.05, 0.1) is 10.4 Å². The van der Waals surface area contributed by atoms with E-state index in [4.69, 9.17) is 0 Å². The molecule has 0 N–H and O–H groups in total. The van der Waals surface area contributed by atoms with Gasteiger partial charge in [0.1, 0.15) is 11.8 Å². The minimum atomic E-state index is -0.473. The molecule has 2 aromatic heterocycles. The summed E-state index contributed by atoms with van der Waals surface area (Å²) in [5, 5.41) is 19.7. The van der Waals surface area contributed by atoms with E-state index in [0.29, 0.717) is 24.1 Å². The average molecular weight is 313 g/mol. The van der Waals surface area contributed by atoms with Crippen molar-refractivity contribution >= 4 is 22.5 Å². The Morgan fingerprint density at radius 1 is 1.22 bits per heavy atom. The minimum absolute atomic E-state index is 0.112. The maximum Gasteiger partial charge on any atom is 0.355 e. The Labute approximate surface area is 131 Å². The number of nitro groups is 1. The molecule has 0 bridgehead atoms. The summed E-state index contributed by atoms with van der Waals surface area (Å²) in [4.78, 5) is 21.2. The van der Waals surface area contributed by atoms with Crippen molar-refractivity contribution in [3.05, 3.63) is 40.7 Å². The average Bonchev–Trinajstić information content (AvgIpc) is 2.99. The van der Waals surface area contributed by atoms with Gasteiger partial charge in [0.2, 0.25) is 11.6 Å². The first-order chi connectivity index (χ1) is 11.2. The Morgan fingerprint density at radius 2 is 1.96 bits per heavy atom. The van der Waals surface area contributed by atoms with Crippen LogP contribution in [0.15, 0.2) is 30.6 Å². The van der Waals surface area contributed by atoms with Crippen molar-refractivity contribution in [2.24, 2.45) is 0 Å². The molecular formula is C14H15N7O2. The zero-order valence-corrected chi connectivity index (χ0v) is 12.7. The van der Waals surface area contributed by atoms with Gasteiger partial charge in [-0.3, -0.25) is 10.1 Å². The number of fused-ring (bicyclic) bond motifs is 1. The topological polar surface area (TPSA) is 103 Å². The first kappa shape index (κ1) is 14.8. The van der Waals surface area contributed by atoms with Gasteiger partial charge in [-0.2, -0.15) is 4.68 Å². The highest BCUT2D eigenvalue weighted by Gasteiger charge is 2.28. The van der Waals surface area contributed by atoms with Gasteiger partial charge in [0.25, 0.3) is 0 Å². The molecule has 9 heteroatoms. The molecule has 23 heavy (non-hydrogen) atoms. The Hall–Kier alpha value is -3.10. The van der Waals surface area contributed by atoms with Crippen molar-refractivity contribution < 1.29 is 4.92 Å². The van der Waals surface area contributed by atoms with Crippen LogP contribution < -0.4 is 4.90 Å². The maximum absolute atomic E-state index is 11.6. The Morgan fingerprint density at radius 3 is 2.65 bits per heavy atom. The molecule has 118 valence electrons. The third-order valence-electron chi connectivity index (χ3n) is 3.58. The van der Waals surface area contributed by atoms with Crippen molar-refractivity contribution in [2.75, 3.05) is 18.0 Å². The highest BCUT2D eigenvalue weighted by Crippen LogP contribution is 2.31. The van der Waals surface area contributed by atoms with Gasteiger partial charge in [-0.1, -0.05) is 17.3 Å². The Bertz CT molecular complexity index is 857. The lowest BCUT2D eigenvalue weighted by Crippen LogP contribution is -2.25. The zero-order valence-electron chi connectivity index (χ0n) is 12.7. The van der Waals surface area contributed by atoms with E-state index in [2.05, 4.69) is 20.3 Å². The van der Waals surface area contributed by atoms with Gasteiger partial charge in [0, 0.05) is 13.1 Å². The summed E-state index contributed by atoms with van der Waals surface area (Å²) in [6.07, 6.45) is 1.31. The molecule has 3 aromatic rings. The molecule has 9 nitrogen and oxygen atoms in total. The Balaban J connectivity index is 2.27. The maximum atomic E-state index is 11.6. The fourth-order valence-electron chi connectivity index (χ4n) is 2.46. The van der Waals surface area contributed by atoms with Gasteiger partial charge < -0.3 is 4.90 Å². The highest BCUT2D eigenvalue weighted by atomic mass is 16.6. The van der Waals surface area contributed by atoms with Crippen molar-refractivity contribution in [3.63, 3.8) is 0 Å². The molecule has 0 radical (unpaired) electrons. The van der Waals surface area contributed by atoms with Crippen LogP contribution in [-0.2, 0) is 0 Å². The van der Waals surface area contributed by atoms with E-state index in [9.17, 15) is 10.1 Å². The van der Waals surface area contributed by atoms with Crippen LogP contribution in [0, 0.1) is 10.1 Å². The van der Waals surface area contributed by atoms with E-state index in [1.807, 2.05) is 30.9 Å². The first-order valence-corrected chi connectivity index (χ1v) is 7.22. The first-order valence-electron chi connectivity index (χ1n) is 7.22. The summed E-state index contributed by atoms with van der Waals surface area (Å²) in [5.41, 5.74) is 1.12. The summed E-state index contributed by atoms with van der Waals surface area (Å²) in [6, 6.07) is 7.23. The predicted octanol–water partition coefficient (Wildman–Crippen LogP) is 1.96. The molecule has 0 aliphatic rings. The molecule has 0 spiro atoms. The third-order valence-corrected chi connectivity index (χ3v) is 3.58. The molecular weight excluding hydrogens is 298 g/mol. The van der Waals surface area contributed by atoms with Gasteiger partial charge in [-0.05, 0) is 26.0 Å². The summed E-state index contributed by atoms with van der Waals surface area (Å²) in [5.74, 6) is 0.394. The van der Waals surface area contributed by atoms with Gasteiger partial charge in [-0.15, -0.1) is 5.10 Å². The SMILES string of the molecule is CCN(CC)c1ncnc(-n2nnc3ccccc32)c1[N+](=O)[O-]. The number of hydrogen-bond acceptors (Lipinski definition) is 7. The number of benzene rings is 1. The quantitative estimate of drug-likeness (QED) is 0.524. The number of aromatic nitrogens is 5. The minimum Gasteiger partial charge on any atom is -0.351 e. The number of para-hydroxylation sites is 1. The summed E-state index contributed by atoms with van der Waals surface area (Å²) < 4.78 is 1.38. The third kappa shape index (κ3) is 2.45. The second-order valence-electron chi connectivity index (χ2n) is 4.79. The van der Waals surface area contributed by atoms with Crippen LogP contribution >= 0.6 is 0 Å². The van der Waals surface area contributed by atoms with E-state index in [1.54, 1.807) is 12.1 Å². The van der Waals surface area contributed by atoms with Crippen LogP contribution in [0.3, 0.4) is 0 Å². The molecule has 0 saturated carbocycles.